The van der Waals surface area contributed by atoms with Gasteiger partial charge >= 0.3 is 0 Å². The molecule has 1 heterocycles. The van der Waals surface area contributed by atoms with Crippen molar-refractivity contribution in [1.29, 1.82) is 0 Å². The Balaban J connectivity index is 2.00. The molecule has 3 rings (SSSR count). The van der Waals surface area contributed by atoms with Gasteiger partial charge in [0.25, 0.3) is 5.91 Å². The Morgan fingerprint density at radius 1 is 1.25 bits per heavy atom. The molecule has 2 aromatic carbocycles. The van der Waals surface area contributed by atoms with E-state index >= 15 is 0 Å². The van der Waals surface area contributed by atoms with Gasteiger partial charge in [-0.25, -0.2) is 9.37 Å². The number of methoxy groups -OCH3 is 2. The van der Waals surface area contributed by atoms with Crippen LogP contribution < -0.4 is 14.8 Å². The van der Waals surface area contributed by atoms with E-state index in [9.17, 15) is 9.18 Å². The Labute approximate surface area is 166 Å². The average Bonchev–Trinajstić information content (AvgIpc) is 3.11. The third-order valence-electron chi connectivity index (χ3n) is 4.30. The molecule has 0 bridgehead atoms. The number of benzene rings is 2. The SMILES string of the molecule is COc1cc(C(=O)N[C@H](c2ccccc2F)c2nccn2C)cc(Cl)c1OC. The van der Waals surface area contributed by atoms with E-state index < -0.39 is 17.8 Å². The van der Waals surface area contributed by atoms with Gasteiger partial charge in [-0.1, -0.05) is 29.8 Å². The smallest absolute Gasteiger partial charge is 0.252 e. The van der Waals surface area contributed by atoms with Gasteiger partial charge in [-0.15, -0.1) is 0 Å². The third-order valence-corrected chi connectivity index (χ3v) is 4.58. The molecular formula is C20H19ClFN3O3. The molecule has 28 heavy (non-hydrogen) atoms. The Hall–Kier alpha value is -3.06. The first-order valence-electron chi connectivity index (χ1n) is 8.40. The highest BCUT2D eigenvalue weighted by atomic mass is 35.5. The molecule has 8 heteroatoms. The van der Waals surface area contributed by atoms with Crippen molar-refractivity contribution < 1.29 is 18.7 Å². The van der Waals surface area contributed by atoms with Gasteiger partial charge in [0.05, 0.1) is 19.2 Å². The first-order chi connectivity index (χ1) is 13.5. The number of nitrogens with zero attached hydrogens (tertiary/aromatic N) is 2. The van der Waals surface area contributed by atoms with Gasteiger partial charge in [0.15, 0.2) is 11.5 Å². The number of hydrogen-bond donors (Lipinski definition) is 1. The van der Waals surface area contributed by atoms with Crippen LogP contribution in [-0.4, -0.2) is 29.7 Å². The summed E-state index contributed by atoms with van der Waals surface area (Å²) >= 11 is 6.20. The number of nitrogens with one attached hydrogen (secondary N) is 1. The maximum atomic E-state index is 14.5. The maximum Gasteiger partial charge on any atom is 0.252 e. The predicted molar refractivity (Wildman–Crippen MR) is 103 cm³/mol. The van der Waals surface area contributed by atoms with Crippen LogP contribution in [0.25, 0.3) is 0 Å². The van der Waals surface area contributed by atoms with Crippen molar-refractivity contribution in [2.75, 3.05) is 14.2 Å². The first-order valence-corrected chi connectivity index (χ1v) is 8.78. The van der Waals surface area contributed by atoms with E-state index in [1.807, 2.05) is 0 Å². The third kappa shape index (κ3) is 3.80. The molecule has 0 aliphatic carbocycles. The second kappa shape index (κ2) is 8.31. The van der Waals surface area contributed by atoms with Crippen molar-refractivity contribution in [2.45, 2.75) is 6.04 Å². The number of rotatable bonds is 6. The summed E-state index contributed by atoms with van der Waals surface area (Å²) in [6.07, 6.45) is 3.31. The van der Waals surface area contributed by atoms with E-state index in [4.69, 9.17) is 21.1 Å². The Bertz CT molecular complexity index is 1010. The minimum Gasteiger partial charge on any atom is -0.493 e. The van der Waals surface area contributed by atoms with Crippen LogP contribution in [0.2, 0.25) is 5.02 Å². The van der Waals surface area contributed by atoms with E-state index in [1.165, 1.54) is 32.4 Å². The fourth-order valence-corrected chi connectivity index (χ4v) is 3.20. The van der Waals surface area contributed by atoms with Crippen LogP contribution in [0.3, 0.4) is 0 Å². The topological polar surface area (TPSA) is 65.4 Å². The average molecular weight is 404 g/mol. The monoisotopic (exact) mass is 403 g/mol. The summed E-state index contributed by atoms with van der Waals surface area (Å²) in [5.41, 5.74) is 0.551. The molecule has 0 unspecified atom stereocenters. The van der Waals surface area contributed by atoms with Crippen LogP contribution in [0, 0.1) is 5.82 Å². The largest absolute Gasteiger partial charge is 0.493 e. The summed E-state index contributed by atoms with van der Waals surface area (Å²) in [5, 5.41) is 3.06. The quantitative estimate of drug-likeness (QED) is 0.680. The summed E-state index contributed by atoms with van der Waals surface area (Å²) in [6, 6.07) is 8.42. The van der Waals surface area contributed by atoms with Crippen molar-refractivity contribution in [2.24, 2.45) is 7.05 Å². The summed E-state index contributed by atoms with van der Waals surface area (Å²) in [7, 11) is 4.68. The number of imidazole rings is 1. The number of amides is 1. The van der Waals surface area contributed by atoms with Crippen molar-refractivity contribution in [3.63, 3.8) is 0 Å². The zero-order valence-corrected chi connectivity index (χ0v) is 16.3. The summed E-state index contributed by atoms with van der Waals surface area (Å²) < 4.78 is 26.6. The summed E-state index contributed by atoms with van der Waals surface area (Å²) in [6.45, 7) is 0. The second-order valence-electron chi connectivity index (χ2n) is 6.02. The van der Waals surface area contributed by atoms with Gasteiger partial charge in [-0.3, -0.25) is 4.79 Å². The van der Waals surface area contributed by atoms with Crippen LogP contribution in [0.1, 0.15) is 27.8 Å². The highest BCUT2D eigenvalue weighted by molar-refractivity contribution is 6.32. The van der Waals surface area contributed by atoms with Crippen LogP contribution in [0.5, 0.6) is 11.5 Å². The minimum absolute atomic E-state index is 0.228. The normalized spacial score (nSPS) is 11.8. The van der Waals surface area contributed by atoms with E-state index in [1.54, 1.807) is 42.2 Å². The molecule has 1 N–H and O–H groups in total. The van der Waals surface area contributed by atoms with Gasteiger partial charge in [0.1, 0.15) is 17.7 Å². The van der Waals surface area contributed by atoms with Crippen LogP contribution in [0.15, 0.2) is 48.8 Å². The predicted octanol–water partition coefficient (Wildman–Crippen LogP) is 3.75. The second-order valence-corrected chi connectivity index (χ2v) is 6.43. The van der Waals surface area contributed by atoms with Gasteiger partial charge in [-0.2, -0.15) is 0 Å². The molecule has 1 atom stereocenters. The Morgan fingerprint density at radius 2 is 2.00 bits per heavy atom. The molecular weight excluding hydrogens is 385 g/mol. The lowest BCUT2D eigenvalue weighted by molar-refractivity contribution is 0.0940. The van der Waals surface area contributed by atoms with E-state index in [0.29, 0.717) is 22.9 Å². The highest BCUT2D eigenvalue weighted by Crippen LogP contribution is 2.36. The lowest BCUT2D eigenvalue weighted by Gasteiger charge is -2.20. The molecule has 146 valence electrons. The van der Waals surface area contributed by atoms with Crippen LogP contribution in [0.4, 0.5) is 4.39 Å². The van der Waals surface area contributed by atoms with E-state index in [0.717, 1.165) is 0 Å². The molecule has 0 radical (unpaired) electrons. The van der Waals surface area contributed by atoms with Crippen LogP contribution in [-0.2, 0) is 7.05 Å². The molecule has 0 saturated heterocycles. The van der Waals surface area contributed by atoms with Crippen molar-refractivity contribution in [3.8, 4) is 11.5 Å². The van der Waals surface area contributed by atoms with Crippen LogP contribution >= 0.6 is 11.6 Å². The molecule has 6 nitrogen and oxygen atoms in total. The lowest BCUT2D eigenvalue weighted by atomic mass is 10.0. The minimum atomic E-state index is -0.791. The number of carbonyl (C=O) groups is 1. The zero-order valence-electron chi connectivity index (χ0n) is 15.6. The van der Waals surface area contributed by atoms with Gasteiger partial charge in [0.2, 0.25) is 0 Å². The molecule has 1 amide bonds. The number of hydrogen-bond acceptors (Lipinski definition) is 4. The van der Waals surface area contributed by atoms with Gasteiger partial charge in [-0.05, 0) is 18.2 Å². The molecule has 0 aliphatic heterocycles. The van der Waals surface area contributed by atoms with Crippen molar-refractivity contribution in [1.82, 2.24) is 14.9 Å². The molecule has 3 aromatic rings. The van der Waals surface area contributed by atoms with Crippen molar-refractivity contribution in [3.05, 3.63) is 76.6 Å². The van der Waals surface area contributed by atoms with Gasteiger partial charge < -0.3 is 19.4 Å². The molecule has 1 aromatic heterocycles. The van der Waals surface area contributed by atoms with Gasteiger partial charge in [0, 0.05) is 30.6 Å². The number of carbonyl (C=O) groups excluding carboxylic acids is 1. The highest BCUT2D eigenvalue weighted by Gasteiger charge is 2.25. The van der Waals surface area contributed by atoms with E-state index in [2.05, 4.69) is 10.3 Å². The number of aryl methyl sites for hydroxylation is 1. The molecule has 0 saturated carbocycles. The fourth-order valence-electron chi connectivity index (χ4n) is 2.91. The fraction of sp³-hybridized carbons (Fsp3) is 0.200. The Morgan fingerprint density at radius 3 is 2.61 bits per heavy atom. The number of aromatic nitrogens is 2. The van der Waals surface area contributed by atoms with Crippen molar-refractivity contribution >= 4 is 17.5 Å². The standard InChI is InChI=1S/C20H19ClFN3O3/c1-25-9-8-23-19(25)17(13-6-4-5-7-15(13)22)24-20(26)12-10-14(21)18(28-3)16(11-12)27-2/h4-11,17H,1-3H3,(H,24,26)/t17-/m1/s1. The molecule has 0 spiro atoms. The van der Waals surface area contributed by atoms with E-state index in [-0.39, 0.29) is 10.6 Å². The first kappa shape index (κ1) is 19.7. The summed E-state index contributed by atoms with van der Waals surface area (Å²) in [4.78, 5) is 17.2. The molecule has 0 aliphatic rings. The zero-order chi connectivity index (χ0) is 20.3. The molecule has 0 fully saturated rings. The Kier molecular flexibility index (Phi) is 5.84. The maximum absolute atomic E-state index is 14.5. The lowest BCUT2D eigenvalue weighted by Crippen LogP contribution is -2.31. The number of ether oxygens (including phenoxy) is 2. The number of halogens is 2. The summed E-state index contributed by atoms with van der Waals surface area (Å²) in [5.74, 6) is 0.236.